The number of carbonyl (C=O) groups is 1. The Hall–Kier alpha value is -1.28. The number of phosphoric acid groups is 1. The Morgan fingerprint density at radius 1 is 0.455 bits per heavy atom. The number of aliphatic hydroxyl groups is 1. The molecule has 0 aliphatic carbocycles. The molecule has 3 atom stereocenters. The van der Waals surface area contributed by atoms with E-state index in [4.69, 9.17) is 9.05 Å². The van der Waals surface area contributed by atoms with Gasteiger partial charge in [0.25, 0.3) is 7.82 Å². The van der Waals surface area contributed by atoms with E-state index in [1.54, 1.807) is 0 Å². The number of aliphatic hydroxyl groups excluding tert-OH is 1. The maximum absolute atomic E-state index is 13.0. The number of likely N-dealkylation sites (N-methyl/N-ethyl adjacent to an activating group) is 1. The highest BCUT2D eigenvalue weighted by molar-refractivity contribution is 7.45. The lowest BCUT2D eigenvalue weighted by molar-refractivity contribution is -0.870. The standard InChI is InChI=1S/C68H133N2O6P/c1-6-8-10-12-14-16-18-20-22-24-26-28-30-32-34-36-37-39-41-43-45-47-49-51-53-55-57-59-61-67(71)66(65-76-77(73,74)75-64-63-70(3,4)5)69-68(72)62-60-58-56-54-52-50-48-46-44-42-40-38-35-33-31-29-27-25-23-21-19-17-15-13-11-9-7-2/h19,21,25,27,31,33,66-67,71H,6-18,20,22-24,26,28-30,32,34-65H2,1-5H3,(H-,69,72,73,74)/b21-19-,27-25-,33-31-. The first-order valence-corrected chi connectivity index (χ1v) is 35.3. The smallest absolute Gasteiger partial charge is 0.268 e. The van der Waals surface area contributed by atoms with E-state index in [9.17, 15) is 19.4 Å². The van der Waals surface area contributed by atoms with Crippen LogP contribution in [0.3, 0.4) is 0 Å². The summed E-state index contributed by atoms with van der Waals surface area (Å²) in [6, 6.07) is -0.803. The second-order valence-electron chi connectivity index (χ2n) is 24.5. The van der Waals surface area contributed by atoms with Crippen molar-refractivity contribution in [3.8, 4) is 0 Å². The van der Waals surface area contributed by atoms with Crippen molar-refractivity contribution in [2.75, 3.05) is 40.9 Å². The third-order valence-electron chi connectivity index (χ3n) is 15.6. The minimum Gasteiger partial charge on any atom is -0.756 e. The van der Waals surface area contributed by atoms with Crippen LogP contribution in [0.4, 0.5) is 0 Å². The summed E-state index contributed by atoms with van der Waals surface area (Å²) in [5.74, 6) is -0.162. The molecule has 0 heterocycles. The van der Waals surface area contributed by atoms with E-state index in [0.717, 1.165) is 51.4 Å². The molecule has 1 amide bonds. The molecular formula is C68H133N2O6P. The van der Waals surface area contributed by atoms with Gasteiger partial charge in [-0.05, 0) is 51.4 Å². The van der Waals surface area contributed by atoms with Gasteiger partial charge in [0.05, 0.1) is 39.9 Å². The van der Waals surface area contributed by atoms with Crippen LogP contribution in [-0.2, 0) is 18.4 Å². The minimum absolute atomic E-state index is 0.0126. The van der Waals surface area contributed by atoms with Crippen LogP contribution in [0, 0.1) is 0 Å². The highest BCUT2D eigenvalue weighted by Crippen LogP contribution is 2.38. The van der Waals surface area contributed by atoms with Gasteiger partial charge in [0.2, 0.25) is 5.91 Å². The van der Waals surface area contributed by atoms with Gasteiger partial charge in [-0.3, -0.25) is 9.36 Å². The number of allylic oxidation sites excluding steroid dienone is 6. The molecule has 0 aromatic rings. The summed E-state index contributed by atoms with van der Waals surface area (Å²) in [4.78, 5) is 25.6. The second kappa shape index (κ2) is 59.3. The molecule has 77 heavy (non-hydrogen) atoms. The Morgan fingerprint density at radius 2 is 0.753 bits per heavy atom. The predicted octanol–water partition coefficient (Wildman–Crippen LogP) is 20.6. The normalized spacial score (nSPS) is 13.9. The average Bonchev–Trinajstić information content (AvgIpc) is 3.39. The van der Waals surface area contributed by atoms with Gasteiger partial charge in [-0.1, -0.05) is 320 Å². The van der Waals surface area contributed by atoms with E-state index in [0.29, 0.717) is 23.9 Å². The number of nitrogens with one attached hydrogen (secondary N) is 1. The SMILES string of the molecule is CCCCCCC/C=C\C/C=C\C/C=C\CCCCCCCCCCCCCCC(=O)NC(COP(=O)([O-])OCC[N+](C)(C)C)C(O)CCCCCCCCCCCCCCCCCCCCCCCCCCCCCC. The maximum Gasteiger partial charge on any atom is 0.268 e. The van der Waals surface area contributed by atoms with Crippen LogP contribution in [0.5, 0.6) is 0 Å². The number of nitrogens with zero attached hydrogens (tertiary/aromatic N) is 1. The first-order chi connectivity index (χ1) is 37.5. The number of hydrogen-bond acceptors (Lipinski definition) is 6. The van der Waals surface area contributed by atoms with Crippen LogP contribution in [0.2, 0.25) is 0 Å². The van der Waals surface area contributed by atoms with E-state index < -0.39 is 20.0 Å². The highest BCUT2D eigenvalue weighted by Gasteiger charge is 2.24. The number of quaternary nitrogens is 1. The van der Waals surface area contributed by atoms with Crippen molar-refractivity contribution >= 4 is 13.7 Å². The van der Waals surface area contributed by atoms with Crippen molar-refractivity contribution in [2.24, 2.45) is 0 Å². The summed E-state index contributed by atoms with van der Waals surface area (Å²) in [6.07, 6.45) is 77.8. The zero-order chi connectivity index (χ0) is 56.3. The Labute approximate surface area is 480 Å². The average molecular weight is 1110 g/mol. The number of phosphoric ester groups is 1. The molecule has 8 nitrogen and oxygen atoms in total. The van der Waals surface area contributed by atoms with Gasteiger partial charge >= 0.3 is 0 Å². The summed E-state index contributed by atoms with van der Waals surface area (Å²) in [7, 11) is 1.32. The van der Waals surface area contributed by atoms with Crippen LogP contribution < -0.4 is 10.2 Å². The summed E-state index contributed by atoms with van der Waals surface area (Å²) in [5.41, 5.74) is 0. The molecule has 0 bridgehead atoms. The lowest BCUT2D eigenvalue weighted by atomic mass is 10.0. The van der Waals surface area contributed by atoms with E-state index in [1.165, 1.54) is 263 Å². The molecule has 456 valence electrons. The van der Waals surface area contributed by atoms with Crippen LogP contribution >= 0.6 is 7.82 Å². The van der Waals surface area contributed by atoms with Crippen molar-refractivity contribution in [3.05, 3.63) is 36.5 Å². The van der Waals surface area contributed by atoms with Gasteiger partial charge in [-0.25, -0.2) is 0 Å². The quantitative estimate of drug-likeness (QED) is 0.0272. The van der Waals surface area contributed by atoms with Crippen molar-refractivity contribution in [3.63, 3.8) is 0 Å². The molecule has 0 rings (SSSR count). The molecule has 0 saturated carbocycles. The minimum atomic E-state index is -4.58. The number of unbranched alkanes of at least 4 members (excludes halogenated alkanes) is 44. The van der Waals surface area contributed by atoms with Gasteiger partial charge in [0.1, 0.15) is 13.2 Å². The van der Waals surface area contributed by atoms with E-state index >= 15 is 0 Å². The molecule has 0 spiro atoms. The molecular weight excluding hydrogens is 972 g/mol. The largest absolute Gasteiger partial charge is 0.756 e. The van der Waals surface area contributed by atoms with Gasteiger partial charge in [0.15, 0.2) is 0 Å². The van der Waals surface area contributed by atoms with Crippen molar-refractivity contribution < 1.29 is 32.9 Å². The third kappa shape index (κ3) is 62.2. The van der Waals surface area contributed by atoms with Crippen LogP contribution in [-0.4, -0.2) is 68.5 Å². The molecule has 9 heteroatoms. The Kier molecular flexibility index (Phi) is 58.4. The van der Waals surface area contributed by atoms with Crippen molar-refractivity contribution in [1.82, 2.24) is 5.32 Å². The van der Waals surface area contributed by atoms with E-state index in [1.807, 2.05) is 21.1 Å². The zero-order valence-electron chi connectivity index (χ0n) is 52.2. The Bertz CT molecular complexity index is 1350. The number of hydrogen-bond donors (Lipinski definition) is 2. The van der Waals surface area contributed by atoms with E-state index in [-0.39, 0.29) is 19.1 Å². The Balaban J connectivity index is 4.06. The number of rotatable bonds is 63. The molecule has 0 fully saturated rings. The highest BCUT2D eigenvalue weighted by atomic mass is 31.2. The van der Waals surface area contributed by atoms with Crippen LogP contribution in [0.1, 0.15) is 341 Å². The predicted molar refractivity (Wildman–Crippen MR) is 335 cm³/mol. The van der Waals surface area contributed by atoms with Crippen molar-refractivity contribution in [1.29, 1.82) is 0 Å². The number of carbonyl (C=O) groups excluding carboxylic acids is 1. The first kappa shape index (κ1) is 75.7. The van der Waals surface area contributed by atoms with Gasteiger partial charge in [-0.2, -0.15) is 0 Å². The number of amides is 1. The molecule has 2 N–H and O–H groups in total. The molecule has 0 aliphatic heterocycles. The molecule has 0 aromatic carbocycles. The Morgan fingerprint density at radius 3 is 1.09 bits per heavy atom. The monoisotopic (exact) mass is 1100 g/mol. The molecule has 0 saturated heterocycles. The summed E-state index contributed by atoms with van der Waals surface area (Å²) < 4.78 is 23.5. The maximum atomic E-state index is 13.0. The van der Waals surface area contributed by atoms with E-state index in [2.05, 4.69) is 55.6 Å². The second-order valence-corrected chi connectivity index (χ2v) is 25.9. The summed E-state index contributed by atoms with van der Waals surface area (Å²) >= 11 is 0. The fraction of sp³-hybridized carbons (Fsp3) is 0.897. The summed E-state index contributed by atoms with van der Waals surface area (Å²) in [6.45, 7) is 4.76. The van der Waals surface area contributed by atoms with Crippen molar-refractivity contribution in [2.45, 2.75) is 353 Å². The third-order valence-corrected chi connectivity index (χ3v) is 16.6. The van der Waals surface area contributed by atoms with Gasteiger partial charge < -0.3 is 28.8 Å². The zero-order valence-corrected chi connectivity index (χ0v) is 53.1. The summed E-state index contributed by atoms with van der Waals surface area (Å²) in [5, 5.41) is 14.1. The van der Waals surface area contributed by atoms with Crippen LogP contribution in [0.15, 0.2) is 36.5 Å². The lowest BCUT2D eigenvalue weighted by Gasteiger charge is -2.30. The lowest BCUT2D eigenvalue weighted by Crippen LogP contribution is -2.46. The molecule has 0 radical (unpaired) electrons. The van der Waals surface area contributed by atoms with Gasteiger partial charge in [0, 0.05) is 6.42 Å². The van der Waals surface area contributed by atoms with Crippen LogP contribution in [0.25, 0.3) is 0 Å². The molecule has 0 aliphatic rings. The fourth-order valence-electron chi connectivity index (χ4n) is 10.3. The topological polar surface area (TPSA) is 108 Å². The first-order valence-electron chi connectivity index (χ1n) is 33.8. The fourth-order valence-corrected chi connectivity index (χ4v) is 11.1. The molecule has 0 aromatic heterocycles. The molecule has 3 unspecified atom stereocenters. The van der Waals surface area contributed by atoms with Gasteiger partial charge in [-0.15, -0.1) is 0 Å².